The van der Waals surface area contributed by atoms with Crippen LogP contribution >= 0.6 is 0 Å². The molecular weight excluding hydrogens is 550 g/mol. The molecule has 1 saturated heterocycles. The van der Waals surface area contributed by atoms with Gasteiger partial charge in [-0.15, -0.1) is 0 Å². The molecule has 3 aromatic carbocycles. The lowest BCUT2D eigenvalue weighted by molar-refractivity contribution is -0.136. The lowest BCUT2D eigenvalue weighted by atomic mass is 9.78. The average Bonchev–Trinajstić information content (AvgIpc) is 3.44. The lowest BCUT2D eigenvalue weighted by Gasteiger charge is -2.41. The number of hydrogen-bond acceptors (Lipinski definition) is 8. The predicted molar refractivity (Wildman–Crippen MR) is 160 cm³/mol. The number of benzene rings is 3. The van der Waals surface area contributed by atoms with Gasteiger partial charge in [0.2, 0.25) is 11.8 Å². The molecule has 3 aliphatic heterocycles. The maximum atomic E-state index is 14.7. The van der Waals surface area contributed by atoms with Crippen molar-refractivity contribution in [3.63, 3.8) is 0 Å². The van der Waals surface area contributed by atoms with Gasteiger partial charge in [-0.1, -0.05) is 30.3 Å². The number of ether oxygens (including phenoxy) is 4. The molecule has 0 saturated carbocycles. The Morgan fingerprint density at radius 2 is 1.84 bits per heavy atom. The van der Waals surface area contributed by atoms with E-state index in [0.29, 0.717) is 74.4 Å². The second-order valence-electron chi connectivity index (χ2n) is 10.8. The van der Waals surface area contributed by atoms with Crippen molar-refractivity contribution in [2.24, 2.45) is 4.99 Å². The molecular formula is C33H35N3O7. The molecule has 1 fully saturated rings. The Balaban J connectivity index is 1.40. The summed E-state index contributed by atoms with van der Waals surface area (Å²) in [4.78, 5) is 36.5. The van der Waals surface area contributed by atoms with Crippen LogP contribution in [-0.4, -0.2) is 86.4 Å². The van der Waals surface area contributed by atoms with Gasteiger partial charge in [0.15, 0.2) is 11.6 Å². The summed E-state index contributed by atoms with van der Waals surface area (Å²) in [6.45, 7) is 2.29. The number of carbonyl (C=O) groups excluding carboxylic acids is 2. The fourth-order valence-corrected chi connectivity index (χ4v) is 5.83. The van der Waals surface area contributed by atoms with E-state index in [1.54, 1.807) is 16.9 Å². The summed E-state index contributed by atoms with van der Waals surface area (Å²) in [5, 5.41) is 9.04. The minimum absolute atomic E-state index is 0.0582. The third-order valence-corrected chi connectivity index (χ3v) is 8.05. The molecule has 1 N–H and O–H groups in total. The summed E-state index contributed by atoms with van der Waals surface area (Å²) >= 11 is 0. The van der Waals surface area contributed by atoms with Crippen molar-refractivity contribution in [3.8, 4) is 11.5 Å². The van der Waals surface area contributed by atoms with Gasteiger partial charge in [-0.05, 0) is 53.6 Å². The fourth-order valence-electron chi connectivity index (χ4n) is 5.83. The zero-order valence-electron chi connectivity index (χ0n) is 24.1. The van der Waals surface area contributed by atoms with E-state index in [1.165, 1.54) is 0 Å². The molecule has 2 atom stereocenters. The van der Waals surface area contributed by atoms with Crippen LogP contribution in [0.5, 0.6) is 11.5 Å². The molecule has 0 bridgehead atoms. The van der Waals surface area contributed by atoms with Crippen molar-refractivity contribution >= 4 is 23.4 Å². The average molecular weight is 586 g/mol. The molecule has 0 aromatic heterocycles. The molecule has 3 aliphatic rings. The molecule has 3 aromatic rings. The summed E-state index contributed by atoms with van der Waals surface area (Å²) in [6.07, 6.45) is 0.0777. The van der Waals surface area contributed by atoms with E-state index < -0.39 is 11.6 Å². The Morgan fingerprint density at radius 3 is 2.60 bits per heavy atom. The van der Waals surface area contributed by atoms with Crippen LogP contribution in [0.4, 0.5) is 5.69 Å². The summed E-state index contributed by atoms with van der Waals surface area (Å²) in [6, 6.07) is 22.4. The molecule has 2 amide bonds. The minimum atomic E-state index is -1.35. The van der Waals surface area contributed by atoms with Crippen LogP contribution in [0.2, 0.25) is 0 Å². The Bertz CT molecular complexity index is 1500. The molecule has 6 rings (SSSR count). The zero-order chi connectivity index (χ0) is 29.8. The molecule has 0 aliphatic carbocycles. The van der Waals surface area contributed by atoms with E-state index in [4.69, 9.17) is 29.0 Å². The van der Waals surface area contributed by atoms with E-state index in [0.717, 1.165) is 11.1 Å². The highest BCUT2D eigenvalue weighted by Gasteiger charge is 2.57. The van der Waals surface area contributed by atoms with Gasteiger partial charge in [-0.3, -0.25) is 9.59 Å². The number of anilines is 1. The van der Waals surface area contributed by atoms with Crippen molar-refractivity contribution in [1.82, 2.24) is 4.90 Å². The van der Waals surface area contributed by atoms with E-state index in [1.807, 2.05) is 72.8 Å². The van der Waals surface area contributed by atoms with Crippen LogP contribution < -0.4 is 14.4 Å². The Kier molecular flexibility index (Phi) is 8.31. The smallest absolute Gasteiger partial charge is 0.260 e. The predicted octanol–water partition coefficient (Wildman–Crippen LogP) is 3.16. The van der Waals surface area contributed by atoms with Crippen molar-refractivity contribution in [2.75, 3.05) is 58.1 Å². The van der Waals surface area contributed by atoms with Gasteiger partial charge in [0, 0.05) is 43.8 Å². The number of aliphatic imine (C=N–C) groups is 1. The summed E-state index contributed by atoms with van der Waals surface area (Å²) < 4.78 is 23.2. The zero-order valence-corrected chi connectivity index (χ0v) is 24.1. The number of aliphatic hydroxyl groups is 1. The maximum absolute atomic E-state index is 14.7. The first-order valence-corrected chi connectivity index (χ1v) is 14.5. The lowest BCUT2D eigenvalue weighted by Crippen LogP contribution is -2.58. The number of aliphatic hydroxyl groups excluding tert-OH is 1. The highest BCUT2D eigenvalue weighted by atomic mass is 16.5. The summed E-state index contributed by atoms with van der Waals surface area (Å²) in [7, 11) is 1.59. The van der Waals surface area contributed by atoms with Crippen molar-refractivity contribution < 1.29 is 33.6 Å². The number of fused-ring (bicyclic) bond motifs is 1. The van der Waals surface area contributed by atoms with Gasteiger partial charge in [0.1, 0.15) is 18.0 Å². The van der Waals surface area contributed by atoms with Crippen LogP contribution in [-0.2, 0) is 25.5 Å². The second kappa shape index (κ2) is 12.4. The third-order valence-electron chi connectivity index (χ3n) is 8.05. The van der Waals surface area contributed by atoms with Crippen molar-refractivity contribution in [2.45, 2.75) is 24.5 Å². The number of carbonyl (C=O) groups is 2. The van der Waals surface area contributed by atoms with Crippen LogP contribution in [0.1, 0.15) is 29.2 Å². The first kappa shape index (κ1) is 28.7. The molecule has 10 nitrogen and oxygen atoms in total. The Hall–Kier alpha value is -4.41. The van der Waals surface area contributed by atoms with Gasteiger partial charge < -0.3 is 33.9 Å². The largest absolute Gasteiger partial charge is 0.497 e. The highest BCUT2D eigenvalue weighted by Crippen LogP contribution is 2.48. The summed E-state index contributed by atoms with van der Waals surface area (Å²) in [5.74, 6) is 1.20. The maximum Gasteiger partial charge on any atom is 0.260 e. The number of amides is 2. The number of morpholine rings is 1. The van der Waals surface area contributed by atoms with Crippen LogP contribution in [0.25, 0.3) is 0 Å². The Morgan fingerprint density at radius 1 is 1.05 bits per heavy atom. The first-order chi connectivity index (χ1) is 21.0. The van der Waals surface area contributed by atoms with Crippen molar-refractivity contribution in [3.05, 3.63) is 89.5 Å². The number of methoxy groups -OCH3 is 1. The topological polar surface area (TPSA) is 110 Å². The van der Waals surface area contributed by atoms with E-state index in [-0.39, 0.29) is 25.0 Å². The fraction of sp³-hybridized carbons (Fsp3) is 0.364. The minimum Gasteiger partial charge on any atom is -0.497 e. The van der Waals surface area contributed by atoms with Crippen LogP contribution in [0.15, 0.2) is 77.8 Å². The number of nitrogens with zero attached hydrogens (tertiary/aromatic N) is 3. The van der Waals surface area contributed by atoms with Crippen molar-refractivity contribution in [1.29, 1.82) is 0 Å². The van der Waals surface area contributed by atoms with E-state index in [2.05, 4.69) is 0 Å². The normalized spacial score (nSPS) is 21.3. The number of para-hydroxylation sites is 1. The molecule has 0 unspecified atom stereocenters. The van der Waals surface area contributed by atoms with Crippen LogP contribution in [0, 0.1) is 0 Å². The summed E-state index contributed by atoms with van der Waals surface area (Å²) in [5.41, 5.74) is 1.71. The monoisotopic (exact) mass is 585 g/mol. The number of rotatable bonds is 9. The molecule has 0 radical (unpaired) electrons. The molecule has 43 heavy (non-hydrogen) atoms. The first-order valence-electron chi connectivity index (χ1n) is 14.5. The van der Waals surface area contributed by atoms with Gasteiger partial charge in [-0.2, -0.15) is 0 Å². The van der Waals surface area contributed by atoms with Gasteiger partial charge in [-0.25, -0.2) is 4.99 Å². The van der Waals surface area contributed by atoms with Gasteiger partial charge >= 0.3 is 0 Å². The highest BCUT2D eigenvalue weighted by molar-refractivity contribution is 6.10. The molecule has 1 spiro atoms. The molecule has 3 heterocycles. The van der Waals surface area contributed by atoms with E-state index in [9.17, 15) is 9.59 Å². The Labute approximate surface area is 250 Å². The quantitative estimate of drug-likeness (QED) is 0.384. The molecule has 224 valence electrons. The van der Waals surface area contributed by atoms with Gasteiger partial charge in [0.25, 0.3) is 5.91 Å². The standard InChI is InChI=1S/C33H35N3O7/c1-40-27-8-4-7-24(20-27)30-33(34-31(43-30)23-10-12-26(13-11-23)42-17-5-16-37)21-25-6-2-3-9-28(25)36(32(33)39)22-29(38)35-14-18-41-19-15-35/h2-4,6-13,20,30,37H,5,14-19,21-22H2,1H3/t30-,33-/m0/s1. The molecule has 10 heteroatoms. The van der Waals surface area contributed by atoms with Crippen LogP contribution in [0.3, 0.4) is 0 Å². The number of hydrogen-bond donors (Lipinski definition) is 1. The SMILES string of the molecule is COc1cccc([C@@H]2OC(c3ccc(OCCCO)cc3)=N[C@@]23Cc2ccccc2N(CC(=O)N2CCOCC2)C3=O)c1. The third kappa shape index (κ3) is 5.68. The second-order valence-corrected chi connectivity index (χ2v) is 10.8. The van der Waals surface area contributed by atoms with Gasteiger partial charge in [0.05, 0.1) is 26.9 Å². The van der Waals surface area contributed by atoms with E-state index >= 15 is 0 Å².